The minimum atomic E-state index is 0.0730. The summed E-state index contributed by atoms with van der Waals surface area (Å²) in [7, 11) is 4.10. The zero-order valence-corrected chi connectivity index (χ0v) is 14.9. The summed E-state index contributed by atoms with van der Waals surface area (Å²) in [4.78, 5) is 18.6. The van der Waals surface area contributed by atoms with Crippen molar-refractivity contribution in [3.05, 3.63) is 29.3 Å². The molecule has 2 rings (SSSR count). The van der Waals surface area contributed by atoms with Gasteiger partial charge in [0.25, 0.3) is 0 Å². The van der Waals surface area contributed by atoms with E-state index >= 15 is 0 Å². The van der Waals surface area contributed by atoms with Crippen molar-refractivity contribution in [2.75, 3.05) is 58.3 Å². The highest BCUT2D eigenvalue weighted by Crippen LogP contribution is 2.20. The largest absolute Gasteiger partial charge is 0.368 e. The van der Waals surface area contributed by atoms with Crippen molar-refractivity contribution in [2.24, 2.45) is 0 Å². The molecular weight excluding hydrogens is 288 g/mol. The fourth-order valence-corrected chi connectivity index (χ4v) is 3.00. The number of aryl methyl sites for hydroxylation is 2. The number of hydrogen-bond donors (Lipinski definition) is 1. The smallest absolute Gasteiger partial charge is 0.317 e. The number of carbonyl (C=O) groups excluding carboxylic acids is 1. The first-order valence-corrected chi connectivity index (χ1v) is 8.46. The Morgan fingerprint density at radius 1 is 1.09 bits per heavy atom. The zero-order valence-electron chi connectivity index (χ0n) is 14.9. The number of urea groups is 1. The van der Waals surface area contributed by atoms with E-state index in [4.69, 9.17) is 0 Å². The maximum absolute atomic E-state index is 12.2. The summed E-state index contributed by atoms with van der Waals surface area (Å²) in [5, 5.41) is 3.02. The second-order valence-corrected chi connectivity index (χ2v) is 6.71. The number of hydrogen-bond acceptors (Lipinski definition) is 3. The Morgan fingerprint density at radius 3 is 2.26 bits per heavy atom. The van der Waals surface area contributed by atoms with Crippen LogP contribution in [0.1, 0.15) is 17.5 Å². The third-order valence-electron chi connectivity index (χ3n) is 4.20. The second kappa shape index (κ2) is 8.20. The molecule has 1 aromatic carbocycles. The van der Waals surface area contributed by atoms with Crippen molar-refractivity contribution < 1.29 is 4.79 Å². The number of carbonyl (C=O) groups is 1. The van der Waals surface area contributed by atoms with Crippen molar-refractivity contribution in [3.8, 4) is 0 Å². The van der Waals surface area contributed by atoms with Gasteiger partial charge >= 0.3 is 6.03 Å². The number of rotatable bonds is 5. The highest BCUT2D eigenvalue weighted by molar-refractivity contribution is 5.74. The lowest BCUT2D eigenvalue weighted by Gasteiger charge is -2.36. The van der Waals surface area contributed by atoms with Gasteiger partial charge in [0.1, 0.15) is 0 Å². The third kappa shape index (κ3) is 5.43. The monoisotopic (exact) mass is 318 g/mol. The topological polar surface area (TPSA) is 38.8 Å². The van der Waals surface area contributed by atoms with Crippen LogP contribution < -0.4 is 10.2 Å². The van der Waals surface area contributed by atoms with E-state index in [9.17, 15) is 4.79 Å². The molecule has 2 amide bonds. The molecule has 1 aliphatic rings. The average molecular weight is 318 g/mol. The Morgan fingerprint density at radius 2 is 1.70 bits per heavy atom. The van der Waals surface area contributed by atoms with Crippen molar-refractivity contribution in [1.82, 2.24) is 15.1 Å². The van der Waals surface area contributed by atoms with Gasteiger partial charge in [-0.05, 0) is 64.2 Å². The predicted molar refractivity (Wildman–Crippen MR) is 96.3 cm³/mol. The molecule has 1 aromatic rings. The fourth-order valence-electron chi connectivity index (χ4n) is 3.00. The summed E-state index contributed by atoms with van der Waals surface area (Å²) >= 11 is 0. The fraction of sp³-hybridized carbons (Fsp3) is 0.611. The minimum Gasteiger partial charge on any atom is -0.368 e. The molecule has 0 bridgehead atoms. The van der Waals surface area contributed by atoms with Gasteiger partial charge in [-0.2, -0.15) is 0 Å². The van der Waals surface area contributed by atoms with Crippen LogP contribution >= 0.6 is 0 Å². The van der Waals surface area contributed by atoms with E-state index in [0.717, 1.165) is 45.7 Å². The molecule has 0 saturated carbocycles. The van der Waals surface area contributed by atoms with Crippen molar-refractivity contribution >= 4 is 11.7 Å². The van der Waals surface area contributed by atoms with E-state index in [1.54, 1.807) is 0 Å². The van der Waals surface area contributed by atoms with Gasteiger partial charge < -0.3 is 20.0 Å². The van der Waals surface area contributed by atoms with Gasteiger partial charge in [0.2, 0.25) is 0 Å². The second-order valence-electron chi connectivity index (χ2n) is 6.71. The van der Waals surface area contributed by atoms with Gasteiger partial charge in [-0.1, -0.05) is 6.07 Å². The van der Waals surface area contributed by atoms with Gasteiger partial charge in [0.15, 0.2) is 0 Å². The number of piperazine rings is 1. The first-order valence-electron chi connectivity index (χ1n) is 8.46. The number of benzene rings is 1. The van der Waals surface area contributed by atoms with Crippen molar-refractivity contribution in [1.29, 1.82) is 0 Å². The van der Waals surface area contributed by atoms with Crippen molar-refractivity contribution in [2.45, 2.75) is 20.3 Å². The van der Waals surface area contributed by atoms with Gasteiger partial charge in [-0.25, -0.2) is 4.79 Å². The van der Waals surface area contributed by atoms with E-state index in [1.807, 2.05) is 19.0 Å². The van der Waals surface area contributed by atoms with Crippen LogP contribution in [0.15, 0.2) is 18.2 Å². The standard InChI is InChI=1S/C18H30N4O/c1-15-12-16(2)14-17(13-15)21-8-10-22(11-9-21)18(23)19-6-5-7-20(3)4/h12-14H,5-11H2,1-4H3,(H,19,23). The Labute approximate surface area is 140 Å². The van der Waals surface area contributed by atoms with Crippen LogP contribution in [0.4, 0.5) is 10.5 Å². The van der Waals surface area contributed by atoms with Crippen LogP contribution in [-0.4, -0.2) is 69.2 Å². The lowest BCUT2D eigenvalue weighted by atomic mass is 10.1. The SMILES string of the molecule is Cc1cc(C)cc(N2CCN(C(=O)NCCCN(C)C)CC2)c1. The minimum absolute atomic E-state index is 0.0730. The number of amides is 2. The molecule has 1 fully saturated rings. The van der Waals surface area contributed by atoms with Crippen LogP contribution in [0, 0.1) is 13.8 Å². The molecule has 0 unspecified atom stereocenters. The van der Waals surface area contributed by atoms with Gasteiger partial charge in [0, 0.05) is 38.4 Å². The molecule has 5 nitrogen and oxygen atoms in total. The zero-order chi connectivity index (χ0) is 16.8. The lowest BCUT2D eigenvalue weighted by Crippen LogP contribution is -2.52. The van der Waals surface area contributed by atoms with Crippen LogP contribution in [0.3, 0.4) is 0 Å². The van der Waals surface area contributed by atoms with E-state index in [0.29, 0.717) is 0 Å². The van der Waals surface area contributed by atoms with Gasteiger partial charge in [0.05, 0.1) is 0 Å². The van der Waals surface area contributed by atoms with Crippen LogP contribution in [-0.2, 0) is 0 Å². The van der Waals surface area contributed by atoms with Crippen LogP contribution in [0.2, 0.25) is 0 Å². The molecule has 1 saturated heterocycles. The molecule has 0 aromatic heterocycles. The van der Waals surface area contributed by atoms with Gasteiger partial charge in [-0.15, -0.1) is 0 Å². The number of anilines is 1. The number of nitrogens with zero attached hydrogens (tertiary/aromatic N) is 3. The maximum atomic E-state index is 12.2. The molecule has 0 atom stereocenters. The maximum Gasteiger partial charge on any atom is 0.317 e. The Kier molecular flexibility index (Phi) is 6.28. The highest BCUT2D eigenvalue weighted by Gasteiger charge is 2.21. The highest BCUT2D eigenvalue weighted by atomic mass is 16.2. The Bertz CT molecular complexity index is 502. The first-order chi connectivity index (χ1) is 11.0. The van der Waals surface area contributed by atoms with E-state index in [1.165, 1.54) is 16.8 Å². The summed E-state index contributed by atoms with van der Waals surface area (Å²) in [5.74, 6) is 0. The molecule has 1 heterocycles. The molecule has 1 aliphatic heterocycles. The van der Waals surface area contributed by atoms with E-state index in [-0.39, 0.29) is 6.03 Å². The average Bonchev–Trinajstić information content (AvgIpc) is 2.50. The Hall–Kier alpha value is -1.75. The van der Waals surface area contributed by atoms with Gasteiger partial charge in [-0.3, -0.25) is 0 Å². The molecule has 23 heavy (non-hydrogen) atoms. The Balaban J connectivity index is 1.78. The molecule has 1 N–H and O–H groups in total. The summed E-state index contributed by atoms with van der Waals surface area (Å²) < 4.78 is 0. The molecular formula is C18H30N4O. The summed E-state index contributed by atoms with van der Waals surface area (Å²) in [5.41, 5.74) is 3.86. The van der Waals surface area contributed by atoms with Crippen molar-refractivity contribution in [3.63, 3.8) is 0 Å². The quantitative estimate of drug-likeness (QED) is 0.845. The van der Waals surface area contributed by atoms with Crippen LogP contribution in [0.5, 0.6) is 0 Å². The van der Waals surface area contributed by atoms with E-state index in [2.05, 4.69) is 47.2 Å². The lowest BCUT2D eigenvalue weighted by molar-refractivity contribution is 0.194. The third-order valence-corrected chi connectivity index (χ3v) is 4.20. The van der Waals surface area contributed by atoms with Crippen LogP contribution in [0.25, 0.3) is 0 Å². The number of nitrogens with one attached hydrogen (secondary N) is 1. The molecule has 0 spiro atoms. The predicted octanol–water partition coefficient (Wildman–Crippen LogP) is 2.09. The summed E-state index contributed by atoms with van der Waals surface area (Å²) in [6.45, 7) is 9.37. The summed E-state index contributed by atoms with van der Waals surface area (Å²) in [6.07, 6.45) is 0.987. The summed E-state index contributed by atoms with van der Waals surface area (Å²) in [6, 6.07) is 6.72. The molecule has 0 aliphatic carbocycles. The van der Waals surface area contributed by atoms with E-state index < -0.39 is 0 Å². The first kappa shape index (κ1) is 17.6. The normalized spacial score (nSPS) is 15.2. The molecule has 128 valence electrons. The molecule has 0 radical (unpaired) electrons. The molecule has 5 heteroatoms.